The summed E-state index contributed by atoms with van der Waals surface area (Å²) in [6, 6.07) is 0. The molecule has 0 aromatic rings. The van der Waals surface area contributed by atoms with E-state index in [0.717, 1.165) is 25.9 Å². The summed E-state index contributed by atoms with van der Waals surface area (Å²) in [7, 11) is 0. The zero-order valence-electron chi connectivity index (χ0n) is 7.55. The molecule has 0 bridgehead atoms. The number of piperidine rings is 1. The molecule has 1 aliphatic carbocycles. The number of hydrogen-bond acceptors (Lipinski definition) is 3. The van der Waals surface area contributed by atoms with E-state index in [-0.39, 0.29) is 5.41 Å². The zero-order valence-corrected chi connectivity index (χ0v) is 7.55. The van der Waals surface area contributed by atoms with Gasteiger partial charge < -0.3 is 15.2 Å². The van der Waals surface area contributed by atoms with Crippen LogP contribution >= 0.6 is 0 Å². The third-order valence-corrected chi connectivity index (χ3v) is 3.25. The predicted molar refractivity (Wildman–Crippen MR) is 45.7 cm³/mol. The Balaban J connectivity index is 1.94. The Morgan fingerprint density at radius 2 is 2.58 bits per heavy atom. The van der Waals surface area contributed by atoms with Gasteiger partial charge in [0, 0.05) is 12.0 Å². The van der Waals surface area contributed by atoms with Crippen molar-refractivity contribution in [3.8, 4) is 0 Å². The first-order valence-electron chi connectivity index (χ1n) is 4.80. The molecule has 1 aliphatic heterocycles. The van der Waals surface area contributed by atoms with Crippen LogP contribution in [0.25, 0.3) is 0 Å². The molecule has 1 saturated heterocycles. The molecule has 0 radical (unpaired) electrons. The number of rotatable bonds is 3. The Kier molecular flexibility index (Phi) is 2.10. The van der Waals surface area contributed by atoms with Crippen LogP contribution in [-0.2, 0) is 4.74 Å². The van der Waals surface area contributed by atoms with Gasteiger partial charge in [0.25, 0.3) is 0 Å². The van der Waals surface area contributed by atoms with Gasteiger partial charge in [0.05, 0.1) is 0 Å². The van der Waals surface area contributed by atoms with Crippen molar-refractivity contribution in [2.45, 2.75) is 26.1 Å². The third-order valence-electron chi connectivity index (χ3n) is 3.25. The monoisotopic (exact) mass is 171 g/mol. The lowest BCUT2D eigenvalue weighted by atomic mass is 9.95. The molecule has 0 aromatic heterocycles. The number of hydrogen-bond donors (Lipinski definition) is 2. The van der Waals surface area contributed by atoms with Crippen molar-refractivity contribution in [2.24, 2.45) is 11.3 Å². The summed E-state index contributed by atoms with van der Waals surface area (Å²) in [5.74, 6) is 0.660. The van der Waals surface area contributed by atoms with E-state index in [0.29, 0.717) is 12.5 Å². The van der Waals surface area contributed by atoms with Crippen LogP contribution < -0.4 is 5.32 Å². The van der Waals surface area contributed by atoms with Crippen molar-refractivity contribution in [3.63, 3.8) is 0 Å². The van der Waals surface area contributed by atoms with Crippen molar-refractivity contribution in [1.29, 1.82) is 0 Å². The van der Waals surface area contributed by atoms with Gasteiger partial charge in [0.1, 0.15) is 0 Å². The zero-order chi connectivity index (χ0) is 8.60. The first kappa shape index (κ1) is 8.48. The fourth-order valence-electron chi connectivity index (χ4n) is 2.33. The quantitative estimate of drug-likeness (QED) is 0.602. The number of aliphatic hydroxyl groups is 1. The molecule has 1 heterocycles. The van der Waals surface area contributed by atoms with Crippen molar-refractivity contribution < 1.29 is 9.84 Å². The lowest BCUT2D eigenvalue weighted by molar-refractivity contribution is -0.148. The van der Waals surface area contributed by atoms with Crippen LogP contribution in [0.3, 0.4) is 0 Å². The van der Waals surface area contributed by atoms with Gasteiger partial charge in [-0.05, 0) is 38.8 Å². The number of fused-ring (bicyclic) bond motifs is 1. The van der Waals surface area contributed by atoms with Gasteiger partial charge in [0.2, 0.25) is 0 Å². The number of nitrogens with one attached hydrogen (secondary N) is 1. The van der Waals surface area contributed by atoms with E-state index < -0.39 is 6.29 Å². The van der Waals surface area contributed by atoms with Crippen LogP contribution in [0.2, 0.25) is 0 Å². The van der Waals surface area contributed by atoms with E-state index in [1.807, 2.05) is 6.92 Å². The molecule has 2 N–H and O–H groups in total. The Morgan fingerprint density at radius 3 is 3.25 bits per heavy atom. The molecule has 2 fully saturated rings. The van der Waals surface area contributed by atoms with Crippen molar-refractivity contribution in [1.82, 2.24) is 5.32 Å². The largest absolute Gasteiger partial charge is 0.367 e. The molecule has 0 aromatic carbocycles. The summed E-state index contributed by atoms with van der Waals surface area (Å²) in [5, 5.41) is 13.1. The summed E-state index contributed by atoms with van der Waals surface area (Å²) in [6.07, 6.45) is 1.69. The van der Waals surface area contributed by atoms with Gasteiger partial charge in [-0.3, -0.25) is 0 Å². The maximum absolute atomic E-state index is 9.72. The minimum Gasteiger partial charge on any atom is -0.367 e. The second-order valence-electron chi connectivity index (χ2n) is 3.90. The molecule has 0 amide bonds. The first-order chi connectivity index (χ1) is 5.79. The smallest absolute Gasteiger partial charge is 0.160 e. The summed E-state index contributed by atoms with van der Waals surface area (Å²) in [6.45, 7) is 4.63. The van der Waals surface area contributed by atoms with Crippen LogP contribution in [0.1, 0.15) is 19.8 Å². The Labute approximate surface area is 73.1 Å². The second-order valence-corrected chi connectivity index (χ2v) is 3.90. The molecule has 2 aliphatic rings. The molecule has 1 saturated carbocycles. The summed E-state index contributed by atoms with van der Waals surface area (Å²) < 4.78 is 5.25. The van der Waals surface area contributed by atoms with Gasteiger partial charge in [-0.25, -0.2) is 0 Å². The van der Waals surface area contributed by atoms with Crippen LogP contribution in [0.15, 0.2) is 0 Å². The number of aliphatic hydroxyl groups excluding tert-OH is 1. The van der Waals surface area contributed by atoms with Gasteiger partial charge in [-0.1, -0.05) is 0 Å². The highest BCUT2D eigenvalue weighted by Crippen LogP contribution is 2.58. The molecular weight excluding hydrogens is 154 g/mol. The van der Waals surface area contributed by atoms with Gasteiger partial charge in [-0.15, -0.1) is 0 Å². The van der Waals surface area contributed by atoms with E-state index in [4.69, 9.17) is 4.74 Å². The van der Waals surface area contributed by atoms with Crippen LogP contribution in [0, 0.1) is 11.3 Å². The maximum atomic E-state index is 9.72. The second kappa shape index (κ2) is 2.98. The Morgan fingerprint density at radius 1 is 1.75 bits per heavy atom. The molecule has 2 rings (SSSR count). The molecule has 3 nitrogen and oxygen atoms in total. The molecule has 3 heteroatoms. The van der Waals surface area contributed by atoms with E-state index in [9.17, 15) is 5.11 Å². The van der Waals surface area contributed by atoms with Crippen molar-refractivity contribution in [2.75, 3.05) is 19.7 Å². The SMILES string of the molecule is CCOC(O)[C@@]12CCNCC1C2. The number of ether oxygens (including phenoxy) is 1. The predicted octanol–water partition coefficient (Wildman–Crippen LogP) is 0.341. The lowest BCUT2D eigenvalue weighted by Crippen LogP contribution is -2.37. The maximum Gasteiger partial charge on any atom is 0.160 e. The van der Waals surface area contributed by atoms with Gasteiger partial charge >= 0.3 is 0 Å². The van der Waals surface area contributed by atoms with Crippen molar-refractivity contribution in [3.05, 3.63) is 0 Å². The fraction of sp³-hybridized carbons (Fsp3) is 1.00. The summed E-state index contributed by atoms with van der Waals surface area (Å²) in [5.41, 5.74) is 0.126. The van der Waals surface area contributed by atoms with Gasteiger partial charge in [-0.2, -0.15) is 0 Å². The van der Waals surface area contributed by atoms with Crippen LogP contribution in [0.5, 0.6) is 0 Å². The van der Waals surface area contributed by atoms with Crippen LogP contribution in [0.4, 0.5) is 0 Å². The van der Waals surface area contributed by atoms with E-state index >= 15 is 0 Å². The highest BCUT2D eigenvalue weighted by Gasteiger charge is 2.59. The van der Waals surface area contributed by atoms with E-state index in [1.54, 1.807) is 0 Å². The minimum absolute atomic E-state index is 0.126. The first-order valence-corrected chi connectivity index (χ1v) is 4.80. The van der Waals surface area contributed by atoms with E-state index in [2.05, 4.69) is 5.32 Å². The van der Waals surface area contributed by atoms with Crippen molar-refractivity contribution >= 4 is 0 Å². The lowest BCUT2D eigenvalue weighted by Gasteiger charge is -2.27. The van der Waals surface area contributed by atoms with Crippen LogP contribution in [-0.4, -0.2) is 31.1 Å². The van der Waals surface area contributed by atoms with Gasteiger partial charge in [0.15, 0.2) is 6.29 Å². The fourth-order valence-corrected chi connectivity index (χ4v) is 2.33. The molecule has 2 unspecified atom stereocenters. The third kappa shape index (κ3) is 1.16. The molecule has 3 atom stereocenters. The minimum atomic E-state index is -0.519. The Bertz CT molecular complexity index is 174. The molecule has 70 valence electrons. The average Bonchev–Trinajstić information content (AvgIpc) is 2.79. The highest BCUT2D eigenvalue weighted by atomic mass is 16.6. The Hall–Kier alpha value is -0.120. The highest BCUT2D eigenvalue weighted by molar-refractivity contribution is 5.07. The topological polar surface area (TPSA) is 41.5 Å². The summed E-state index contributed by atoms with van der Waals surface area (Å²) >= 11 is 0. The van der Waals surface area contributed by atoms with E-state index in [1.165, 1.54) is 0 Å². The molecular formula is C9H17NO2. The normalized spacial score (nSPS) is 42.0. The standard InChI is InChI=1S/C9H17NO2/c1-2-12-8(11)9-3-4-10-6-7(9)5-9/h7-8,10-11H,2-6H2,1H3/t7?,8?,9-/m1/s1. The molecule has 0 spiro atoms. The summed E-state index contributed by atoms with van der Waals surface area (Å²) in [4.78, 5) is 0. The molecule has 12 heavy (non-hydrogen) atoms. The average molecular weight is 171 g/mol.